The van der Waals surface area contributed by atoms with Gasteiger partial charge in [-0.1, -0.05) is 12.8 Å². The average molecular weight is 678 g/mol. The molecule has 0 aliphatic heterocycles. The summed E-state index contributed by atoms with van der Waals surface area (Å²) in [5.41, 5.74) is 11.3. The Kier molecular flexibility index (Phi) is 15.0. The third-order valence-electron chi connectivity index (χ3n) is 2.07. The van der Waals surface area contributed by atoms with Gasteiger partial charge in [0.05, 0.1) is 15.6 Å². The molecular formula is C6H14N2O7P2Pt2. The molecule has 0 heterocycles. The molecule has 4 N–H and O–H groups in total. The molecule has 2 unspecified atom stereocenters. The Labute approximate surface area is 139 Å². The molecule has 0 spiro atoms. The Balaban J connectivity index is -0.000000244. The maximum absolute atomic E-state index is 9.32. The molecule has 0 aromatic rings. The van der Waals surface area contributed by atoms with Gasteiger partial charge in [-0.2, -0.15) is 0 Å². The minimum atomic E-state index is -5.68. The third kappa shape index (κ3) is 17.5. The number of hydrogen-bond acceptors (Lipinski definition) is 9. The summed E-state index contributed by atoms with van der Waals surface area (Å²) in [4.78, 5) is 37.3. The molecule has 1 aliphatic carbocycles. The quantitative estimate of drug-likeness (QED) is 0.285. The van der Waals surface area contributed by atoms with Gasteiger partial charge in [-0.05, 0) is 12.8 Å². The molecule has 2 atom stereocenters. The number of nitrogens with two attached hydrogens (primary N) is 2. The zero-order valence-electron chi connectivity index (χ0n) is 9.52. The Morgan fingerprint density at radius 3 is 1.21 bits per heavy atom. The van der Waals surface area contributed by atoms with Crippen molar-refractivity contribution in [3.63, 3.8) is 0 Å². The molecule has 0 radical (unpaired) electrons. The van der Waals surface area contributed by atoms with Gasteiger partial charge in [0.1, 0.15) is 0 Å². The van der Waals surface area contributed by atoms with Gasteiger partial charge < -0.3 is 44.5 Å². The van der Waals surface area contributed by atoms with Crippen LogP contribution in [0.1, 0.15) is 25.7 Å². The van der Waals surface area contributed by atoms with E-state index in [1.54, 1.807) is 0 Å². The van der Waals surface area contributed by atoms with E-state index in [2.05, 4.69) is 4.31 Å². The van der Waals surface area contributed by atoms with Crippen molar-refractivity contribution in [2.24, 2.45) is 11.5 Å². The second-order valence-electron chi connectivity index (χ2n) is 3.59. The summed E-state index contributed by atoms with van der Waals surface area (Å²) in [6.45, 7) is 0. The van der Waals surface area contributed by atoms with E-state index in [0.29, 0.717) is 0 Å². The van der Waals surface area contributed by atoms with E-state index < -0.39 is 15.6 Å². The maximum Gasteiger partial charge on any atom is 2.00 e. The van der Waals surface area contributed by atoms with Crippen LogP contribution < -0.4 is 31.0 Å². The molecule has 1 rings (SSSR count). The van der Waals surface area contributed by atoms with Crippen LogP contribution in [0.15, 0.2) is 0 Å². The van der Waals surface area contributed by atoms with Gasteiger partial charge in [-0.15, -0.1) is 0 Å². The van der Waals surface area contributed by atoms with Crippen LogP contribution in [0, 0.1) is 0 Å². The predicted octanol–water partition coefficient (Wildman–Crippen LogP) is -3.13. The molecule has 0 amide bonds. The van der Waals surface area contributed by atoms with Gasteiger partial charge in [0.15, 0.2) is 0 Å². The smallest absolute Gasteiger partial charge is 0.790 e. The van der Waals surface area contributed by atoms with Crippen molar-refractivity contribution < 1.29 is 75.1 Å². The molecule has 1 fully saturated rings. The molecule has 9 nitrogen and oxygen atoms in total. The summed E-state index contributed by atoms with van der Waals surface area (Å²) >= 11 is 0. The zero-order valence-corrected chi connectivity index (χ0v) is 15.9. The van der Waals surface area contributed by atoms with E-state index in [1.807, 2.05) is 0 Å². The maximum atomic E-state index is 9.32. The van der Waals surface area contributed by atoms with Crippen LogP contribution in [0.2, 0.25) is 0 Å². The van der Waals surface area contributed by atoms with E-state index in [0.717, 1.165) is 12.8 Å². The van der Waals surface area contributed by atoms with Crippen LogP contribution in [-0.4, -0.2) is 12.1 Å². The minimum Gasteiger partial charge on any atom is -0.790 e. The first kappa shape index (κ1) is 25.5. The first-order valence-corrected chi connectivity index (χ1v) is 7.70. The predicted molar refractivity (Wildman–Crippen MR) is 50.7 cm³/mol. The molecule has 1 aliphatic rings. The van der Waals surface area contributed by atoms with Crippen molar-refractivity contribution in [2.45, 2.75) is 37.8 Å². The van der Waals surface area contributed by atoms with Crippen LogP contribution in [-0.2, 0) is 55.6 Å². The number of phosphoric acid groups is 2. The van der Waals surface area contributed by atoms with Crippen molar-refractivity contribution in [3.8, 4) is 0 Å². The first-order valence-electron chi connectivity index (χ1n) is 4.78. The van der Waals surface area contributed by atoms with E-state index in [-0.39, 0.29) is 54.2 Å². The van der Waals surface area contributed by atoms with E-state index in [4.69, 9.17) is 11.5 Å². The standard InChI is InChI=1S/C6H14N2.H4O7P2.2Pt/c7-5-3-1-2-4-6(5)8;1-8(2,3)7-9(4,5)6;;/h5-6H,1-4,7-8H2;(H2,1,2,3)(H2,4,5,6);;/q;;2*+2/p-4. The van der Waals surface area contributed by atoms with Crippen LogP contribution in [0.3, 0.4) is 0 Å². The van der Waals surface area contributed by atoms with E-state index in [1.165, 1.54) is 12.8 Å². The molecule has 19 heavy (non-hydrogen) atoms. The Morgan fingerprint density at radius 1 is 0.842 bits per heavy atom. The second kappa shape index (κ2) is 11.2. The Bertz CT molecular complexity index is 293. The number of rotatable bonds is 2. The molecular weight excluding hydrogens is 664 g/mol. The Hall–Kier alpha value is 1.56. The fourth-order valence-electron chi connectivity index (χ4n) is 1.31. The number of hydrogen-bond donors (Lipinski definition) is 2. The second-order valence-corrected chi connectivity index (χ2v) is 6.03. The molecule has 0 aromatic carbocycles. The molecule has 13 heteroatoms. The van der Waals surface area contributed by atoms with Crippen molar-refractivity contribution in [1.82, 2.24) is 0 Å². The van der Waals surface area contributed by atoms with Crippen LogP contribution in [0.25, 0.3) is 0 Å². The first-order chi connectivity index (χ1) is 7.51. The fraction of sp³-hybridized carbons (Fsp3) is 1.00. The van der Waals surface area contributed by atoms with Crippen molar-refractivity contribution in [2.75, 3.05) is 0 Å². The normalized spacial score (nSPS) is 23.3. The monoisotopic (exact) mass is 678 g/mol. The summed E-state index contributed by atoms with van der Waals surface area (Å²) in [7, 11) is -11.4. The molecule has 0 aromatic heterocycles. The largest absolute Gasteiger partial charge is 2.00 e. The molecule has 0 saturated heterocycles. The van der Waals surface area contributed by atoms with Crippen molar-refractivity contribution in [1.29, 1.82) is 0 Å². The van der Waals surface area contributed by atoms with Crippen molar-refractivity contribution >= 4 is 15.6 Å². The summed E-state index contributed by atoms with van der Waals surface area (Å²) in [6, 6.07) is 0.562. The van der Waals surface area contributed by atoms with Gasteiger partial charge in [0, 0.05) is 12.1 Å². The summed E-state index contributed by atoms with van der Waals surface area (Å²) in [5.74, 6) is 0. The SMILES string of the molecule is NC1CCCCC1N.O=P([O-])([O-])OP(=O)([O-])[O-].[Pt+2].[Pt+2]. The van der Waals surface area contributed by atoms with Crippen LogP contribution in [0.4, 0.5) is 0 Å². The molecule has 1 saturated carbocycles. The zero-order chi connectivity index (χ0) is 13.7. The van der Waals surface area contributed by atoms with Gasteiger partial charge in [-0.3, -0.25) is 0 Å². The van der Waals surface area contributed by atoms with E-state index >= 15 is 0 Å². The van der Waals surface area contributed by atoms with Gasteiger partial charge >= 0.3 is 42.1 Å². The average Bonchev–Trinajstić information content (AvgIpc) is 2.04. The summed E-state index contributed by atoms with van der Waals surface area (Å²) in [6.07, 6.45) is 4.80. The fourth-order valence-corrected chi connectivity index (χ4v) is 2.29. The molecule has 120 valence electrons. The Morgan fingerprint density at radius 2 is 1.11 bits per heavy atom. The van der Waals surface area contributed by atoms with Crippen LogP contribution in [0.5, 0.6) is 0 Å². The van der Waals surface area contributed by atoms with E-state index in [9.17, 15) is 28.7 Å². The minimum absolute atomic E-state index is 0. The van der Waals surface area contributed by atoms with Gasteiger partial charge in [0.2, 0.25) is 0 Å². The van der Waals surface area contributed by atoms with Gasteiger partial charge in [0.25, 0.3) is 0 Å². The van der Waals surface area contributed by atoms with Crippen LogP contribution >= 0.6 is 15.6 Å². The summed E-state index contributed by atoms with van der Waals surface area (Å²) in [5, 5.41) is 0. The van der Waals surface area contributed by atoms with Crippen molar-refractivity contribution in [3.05, 3.63) is 0 Å². The molecule has 0 bridgehead atoms. The topological polar surface area (TPSA) is 188 Å². The third-order valence-corrected chi connectivity index (χ3v) is 3.67. The van der Waals surface area contributed by atoms with Gasteiger partial charge in [-0.25, -0.2) is 0 Å². The summed E-state index contributed by atoms with van der Waals surface area (Å²) < 4.78 is 21.2.